The van der Waals surface area contributed by atoms with Crippen LogP contribution < -0.4 is 10.6 Å². The van der Waals surface area contributed by atoms with Crippen molar-refractivity contribution in [2.75, 3.05) is 6.54 Å². The van der Waals surface area contributed by atoms with Gasteiger partial charge in [0, 0.05) is 12.7 Å². The fourth-order valence-electron chi connectivity index (χ4n) is 2.56. The number of fused-ring (bicyclic) bond motifs is 1. The van der Waals surface area contributed by atoms with Gasteiger partial charge in [0.25, 0.3) is 0 Å². The lowest BCUT2D eigenvalue weighted by Gasteiger charge is -2.13. The number of aliphatic hydroxyl groups is 1. The number of hydrogen-bond donors (Lipinski definition) is 3. The Morgan fingerprint density at radius 3 is 2.72 bits per heavy atom. The zero-order valence-corrected chi connectivity index (χ0v) is 13.9. The van der Waals surface area contributed by atoms with Gasteiger partial charge in [-0.2, -0.15) is 0 Å². The van der Waals surface area contributed by atoms with Gasteiger partial charge in [-0.25, -0.2) is 14.8 Å². The van der Waals surface area contributed by atoms with Gasteiger partial charge < -0.3 is 15.7 Å². The van der Waals surface area contributed by atoms with E-state index in [0.29, 0.717) is 12.4 Å². The highest BCUT2D eigenvalue weighted by Crippen LogP contribution is 2.19. The van der Waals surface area contributed by atoms with E-state index in [4.69, 9.17) is 0 Å². The maximum Gasteiger partial charge on any atom is 0.315 e. The Morgan fingerprint density at radius 1 is 1.12 bits per heavy atom. The van der Waals surface area contributed by atoms with Crippen LogP contribution >= 0.6 is 0 Å². The molecule has 0 saturated heterocycles. The molecular formula is C19H20N4O2. The maximum absolute atomic E-state index is 11.9. The van der Waals surface area contributed by atoms with Crippen molar-refractivity contribution < 1.29 is 9.90 Å². The molecule has 2 amide bonds. The van der Waals surface area contributed by atoms with Crippen molar-refractivity contribution in [1.29, 1.82) is 0 Å². The van der Waals surface area contributed by atoms with Crippen LogP contribution in [0.25, 0.3) is 10.8 Å². The predicted octanol–water partition coefficient (Wildman–Crippen LogP) is 2.47. The zero-order valence-electron chi connectivity index (χ0n) is 13.9. The van der Waals surface area contributed by atoms with E-state index in [1.54, 1.807) is 19.2 Å². The third-order valence-electron chi connectivity index (χ3n) is 3.88. The number of amides is 2. The van der Waals surface area contributed by atoms with E-state index in [1.165, 1.54) is 0 Å². The Hall–Kier alpha value is -2.99. The number of aliphatic hydroxyl groups excluding tert-OH is 1. The molecule has 25 heavy (non-hydrogen) atoms. The maximum atomic E-state index is 11.9. The molecule has 0 aliphatic heterocycles. The number of nitrogens with zero attached hydrogens (tertiary/aromatic N) is 2. The molecule has 1 atom stereocenters. The van der Waals surface area contributed by atoms with Crippen molar-refractivity contribution in [3.8, 4) is 0 Å². The van der Waals surface area contributed by atoms with Gasteiger partial charge in [-0.15, -0.1) is 0 Å². The van der Waals surface area contributed by atoms with E-state index in [1.807, 2.05) is 42.5 Å². The quantitative estimate of drug-likeness (QED) is 0.668. The molecule has 3 rings (SSSR count). The van der Waals surface area contributed by atoms with Crippen LogP contribution in [0.15, 0.2) is 54.7 Å². The molecule has 6 nitrogen and oxygen atoms in total. The van der Waals surface area contributed by atoms with Crippen LogP contribution in [-0.4, -0.2) is 27.7 Å². The first-order valence-electron chi connectivity index (χ1n) is 8.09. The second-order valence-electron chi connectivity index (χ2n) is 5.78. The molecule has 2 aromatic carbocycles. The summed E-state index contributed by atoms with van der Waals surface area (Å²) in [6.07, 6.45) is 0.887. The van der Waals surface area contributed by atoms with Crippen LogP contribution in [0.1, 0.15) is 23.2 Å². The normalized spacial score (nSPS) is 11.9. The Balaban J connectivity index is 1.52. The monoisotopic (exact) mass is 336 g/mol. The van der Waals surface area contributed by atoms with E-state index >= 15 is 0 Å². The number of carbonyl (C=O) groups is 1. The molecule has 3 N–H and O–H groups in total. The fourth-order valence-corrected chi connectivity index (χ4v) is 2.56. The van der Waals surface area contributed by atoms with Gasteiger partial charge in [0.05, 0.1) is 18.3 Å². The van der Waals surface area contributed by atoms with E-state index in [2.05, 4.69) is 20.6 Å². The Labute approximate surface area is 145 Å². The van der Waals surface area contributed by atoms with Crippen LogP contribution in [0.3, 0.4) is 0 Å². The van der Waals surface area contributed by atoms with Crippen LogP contribution in [0.2, 0.25) is 0 Å². The van der Waals surface area contributed by atoms with E-state index in [-0.39, 0.29) is 12.6 Å². The lowest BCUT2D eigenvalue weighted by Crippen LogP contribution is -2.37. The number of aromatic nitrogens is 2. The van der Waals surface area contributed by atoms with Crippen molar-refractivity contribution in [1.82, 2.24) is 20.6 Å². The molecular weight excluding hydrogens is 316 g/mol. The largest absolute Gasteiger partial charge is 0.387 e. The number of benzene rings is 2. The second kappa shape index (κ2) is 7.72. The lowest BCUT2D eigenvalue weighted by molar-refractivity contribution is 0.173. The van der Waals surface area contributed by atoms with Crippen LogP contribution in [-0.2, 0) is 6.54 Å². The van der Waals surface area contributed by atoms with E-state index < -0.39 is 6.10 Å². The molecule has 0 aliphatic rings. The smallest absolute Gasteiger partial charge is 0.315 e. The van der Waals surface area contributed by atoms with Crippen LogP contribution in [0, 0.1) is 6.92 Å². The van der Waals surface area contributed by atoms with Crippen LogP contribution in [0.4, 0.5) is 4.79 Å². The molecule has 0 spiro atoms. The first-order valence-corrected chi connectivity index (χ1v) is 8.09. The minimum Gasteiger partial charge on any atom is -0.387 e. The molecule has 3 aromatic rings. The molecule has 128 valence electrons. The zero-order chi connectivity index (χ0) is 17.6. The van der Waals surface area contributed by atoms with Crippen molar-refractivity contribution in [3.63, 3.8) is 0 Å². The molecule has 1 aromatic heterocycles. The van der Waals surface area contributed by atoms with Gasteiger partial charge in [-0.05, 0) is 35.4 Å². The number of urea groups is 1. The number of carbonyl (C=O) groups excluding carboxylic acids is 1. The Kier molecular flexibility index (Phi) is 5.20. The minimum absolute atomic E-state index is 0.132. The summed E-state index contributed by atoms with van der Waals surface area (Å²) in [5.74, 6) is 0.659. The first kappa shape index (κ1) is 16.9. The molecule has 0 bridgehead atoms. The minimum atomic E-state index is -0.767. The topological polar surface area (TPSA) is 87.1 Å². The highest BCUT2D eigenvalue weighted by Gasteiger charge is 2.10. The molecule has 0 aliphatic carbocycles. The predicted molar refractivity (Wildman–Crippen MR) is 95.9 cm³/mol. The first-order chi connectivity index (χ1) is 12.1. The van der Waals surface area contributed by atoms with Gasteiger partial charge in [-0.3, -0.25) is 0 Å². The molecule has 1 heterocycles. The summed E-state index contributed by atoms with van der Waals surface area (Å²) in [4.78, 5) is 20.1. The summed E-state index contributed by atoms with van der Waals surface area (Å²) in [6, 6.07) is 15.1. The number of aryl methyl sites for hydroxylation is 1. The van der Waals surface area contributed by atoms with Crippen molar-refractivity contribution in [2.24, 2.45) is 0 Å². The summed E-state index contributed by atoms with van der Waals surface area (Å²) >= 11 is 0. The Bertz CT molecular complexity index is 882. The molecule has 0 radical (unpaired) electrons. The Morgan fingerprint density at radius 2 is 1.92 bits per heavy atom. The van der Waals surface area contributed by atoms with Gasteiger partial charge in [-0.1, -0.05) is 36.4 Å². The summed E-state index contributed by atoms with van der Waals surface area (Å²) in [6.45, 7) is 2.23. The molecule has 0 saturated carbocycles. The summed E-state index contributed by atoms with van der Waals surface area (Å²) in [7, 11) is 0. The van der Waals surface area contributed by atoms with E-state index in [9.17, 15) is 9.90 Å². The SMILES string of the molecule is Cc1nccc(CNC(=O)NCC(O)c2ccc3ccccc3c2)n1. The van der Waals surface area contributed by atoms with Gasteiger partial charge in [0.1, 0.15) is 5.82 Å². The summed E-state index contributed by atoms with van der Waals surface area (Å²) in [5.41, 5.74) is 1.50. The lowest BCUT2D eigenvalue weighted by atomic mass is 10.0. The van der Waals surface area contributed by atoms with Crippen molar-refractivity contribution >= 4 is 16.8 Å². The number of nitrogens with one attached hydrogen (secondary N) is 2. The van der Waals surface area contributed by atoms with Crippen molar-refractivity contribution in [2.45, 2.75) is 19.6 Å². The fraction of sp³-hybridized carbons (Fsp3) is 0.211. The highest BCUT2D eigenvalue weighted by molar-refractivity contribution is 5.83. The molecule has 1 unspecified atom stereocenters. The van der Waals surface area contributed by atoms with Gasteiger partial charge >= 0.3 is 6.03 Å². The standard InChI is InChI=1S/C19H20N4O2/c1-13-20-9-8-17(23-13)11-21-19(25)22-12-18(24)16-7-6-14-4-2-3-5-15(14)10-16/h2-10,18,24H,11-12H2,1H3,(H2,21,22,25). The molecule has 6 heteroatoms. The van der Waals surface area contributed by atoms with Gasteiger partial charge in [0.15, 0.2) is 0 Å². The van der Waals surface area contributed by atoms with Crippen LogP contribution in [0.5, 0.6) is 0 Å². The average molecular weight is 336 g/mol. The molecule has 0 fully saturated rings. The third-order valence-corrected chi connectivity index (χ3v) is 3.88. The number of rotatable bonds is 5. The average Bonchev–Trinajstić information content (AvgIpc) is 2.64. The summed E-state index contributed by atoms with van der Waals surface area (Å²) in [5, 5.41) is 17.8. The van der Waals surface area contributed by atoms with E-state index in [0.717, 1.165) is 22.0 Å². The van der Waals surface area contributed by atoms with Crippen molar-refractivity contribution in [3.05, 3.63) is 71.8 Å². The van der Waals surface area contributed by atoms with Gasteiger partial charge in [0.2, 0.25) is 0 Å². The second-order valence-corrected chi connectivity index (χ2v) is 5.78. The summed E-state index contributed by atoms with van der Waals surface area (Å²) < 4.78 is 0. The highest BCUT2D eigenvalue weighted by atomic mass is 16.3. The third kappa shape index (κ3) is 4.51. The number of hydrogen-bond acceptors (Lipinski definition) is 4.